The van der Waals surface area contributed by atoms with Gasteiger partial charge in [0, 0.05) is 30.2 Å². The Hall–Kier alpha value is -2.50. The van der Waals surface area contributed by atoms with E-state index in [4.69, 9.17) is 14.0 Å². The monoisotopic (exact) mass is 328 g/mol. The molecule has 0 radical (unpaired) electrons. The fourth-order valence-corrected chi connectivity index (χ4v) is 3.41. The summed E-state index contributed by atoms with van der Waals surface area (Å²) in [6.07, 6.45) is 4.30. The average Bonchev–Trinajstić information content (AvgIpc) is 3.23. The number of amides is 1. The van der Waals surface area contributed by atoms with Crippen LogP contribution in [0.3, 0.4) is 0 Å². The quantitative estimate of drug-likeness (QED) is 0.933. The lowest BCUT2D eigenvalue weighted by molar-refractivity contribution is -0.115. The van der Waals surface area contributed by atoms with E-state index in [0.717, 1.165) is 42.7 Å². The summed E-state index contributed by atoms with van der Waals surface area (Å²) in [5, 5.41) is 6.77. The van der Waals surface area contributed by atoms with Crippen LogP contribution >= 0.6 is 0 Å². The van der Waals surface area contributed by atoms with Crippen molar-refractivity contribution < 1.29 is 18.8 Å². The van der Waals surface area contributed by atoms with E-state index in [1.165, 1.54) is 0 Å². The molecule has 126 valence electrons. The van der Waals surface area contributed by atoms with E-state index in [-0.39, 0.29) is 12.3 Å². The molecule has 1 fully saturated rings. The number of benzene rings is 1. The third-order valence-electron chi connectivity index (χ3n) is 4.70. The topological polar surface area (TPSA) is 73.6 Å². The van der Waals surface area contributed by atoms with Crippen molar-refractivity contribution in [1.29, 1.82) is 0 Å². The molecule has 1 aliphatic carbocycles. The van der Waals surface area contributed by atoms with Crippen LogP contribution in [0, 0.1) is 13.8 Å². The molecule has 1 amide bonds. The minimum Gasteiger partial charge on any atom is -0.448 e. The second kappa shape index (κ2) is 5.54. The number of rotatable bonds is 3. The van der Waals surface area contributed by atoms with Gasteiger partial charge in [-0.05, 0) is 38.8 Å². The molecule has 0 unspecified atom stereocenters. The molecule has 0 saturated heterocycles. The second-order valence-corrected chi connectivity index (χ2v) is 6.51. The molecular weight excluding hydrogens is 308 g/mol. The van der Waals surface area contributed by atoms with Crippen LogP contribution in [0.1, 0.15) is 42.7 Å². The maximum Gasteiger partial charge on any atom is 0.251 e. The Labute approximate surface area is 140 Å². The summed E-state index contributed by atoms with van der Waals surface area (Å²) >= 11 is 0. The van der Waals surface area contributed by atoms with Gasteiger partial charge in [-0.2, -0.15) is 0 Å². The first-order chi connectivity index (χ1) is 11.5. The average molecular weight is 328 g/mol. The van der Waals surface area contributed by atoms with Crippen molar-refractivity contribution in [3.8, 4) is 11.5 Å². The molecule has 1 aromatic heterocycles. The number of anilines is 1. The maximum atomic E-state index is 12.3. The number of hydrogen-bond donors (Lipinski definition) is 1. The Kier molecular flexibility index (Phi) is 3.48. The summed E-state index contributed by atoms with van der Waals surface area (Å²) in [5.41, 5.74) is 2.28. The minimum atomic E-state index is -0.484. The van der Waals surface area contributed by atoms with Crippen molar-refractivity contribution >= 4 is 11.6 Å². The molecule has 1 aliphatic heterocycles. The highest BCUT2D eigenvalue weighted by atomic mass is 16.7. The zero-order valence-corrected chi connectivity index (χ0v) is 13.8. The van der Waals surface area contributed by atoms with Crippen molar-refractivity contribution in [2.24, 2.45) is 0 Å². The first kappa shape index (κ1) is 15.1. The van der Waals surface area contributed by atoms with E-state index in [0.29, 0.717) is 17.2 Å². The third kappa shape index (κ3) is 2.62. The number of carbonyl (C=O) groups is 1. The van der Waals surface area contributed by atoms with E-state index in [2.05, 4.69) is 10.5 Å². The van der Waals surface area contributed by atoms with E-state index in [9.17, 15) is 4.79 Å². The van der Waals surface area contributed by atoms with Gasteiger partial charge in [0.05, 0.1) is 12.1 Å². The van der Waals surface area contributed by atoms with Crippen molar-refractivity contribution in [3.63, 3.8) is 0 Å². The molecule has 2 heterocycles. The van der Waals surface area contributed by atoms with Gasteiger partial charge in [0.25, 0.3) is 5.79 Å². The largest absolute Gasteiger partial charge is 0.448 e. The summed E-state index contributed by atoms with van der Waals surface area (Å²) < 4.78 is 17.1. The Morgan fingerprint density at radius 1 is 1.21 bits per heavy atom. The van der Waals surface area contributed by atoms with Crippen molar-refractivity contribution in [3.05, 3.63) is 35.2 Å². The molecule has 0 bridgehead atoms. The molecule has 1 spiro atoms. The summed E-state index contributed by atoms with van der Waals surface area (Å²) in [6, 6.07) is 5.52. The van der Waals surface area contributed by atoms with E-state index >= 15 is 0 Å². The van der Waals surface area contributed by atoms with Crippen LogP contribution in [0.5, 0.6) is 11.5 Å². The molecule has 6 heteroatoms. The van der Waals surface area contributed by atoms with Crippen LogP contribution in [0.25, 0.3) is 0 Å². The molecule has 6 nitrogen and oxygen atoms in total. The third-order valence-corrected chi connectivity index (χ3v) is 4.70. The van der Waals surface area contributed by atoms with Gasteiger partial charge in [0.15, 0.2) is 11.5 Å². The van der Waals surface area contributed by atoms with Crippen LogP contribution in [0.15, 0.2) is 22.7 Å². The molecule has 1 N–H and O–H groups in total. The Morgan fingerprint density at radius 2 is 1.96 bits per heavy atom. The maximum absolute atomic E-state index is 12.3. The van der Waals surface area contributed by atoms with Gasteiger partial charge in [0.1, 0.15) is 5.76 Å². The fourth-order valence-electron chi connectivity index (χ4n) is 3.41. The van der Waals surface area contributed by atoms with Gasteiger partial charge < -0.3 is 19.3 Å². The van der Waals surface area contributed by atoms with Gasteiger partial charge in [-0.25, -0.2) is 0 Å². The predicted molar refractivity (Wildman–Crippen MR) is 87.2 cm³/mol. The SMILES string of the molecule is Cc1noc(C)c1CC(=O)Nc1ccc2c(c1)OC1(CCCC1)O2. The molecular formula is C18H20N2O4. The van der Waals surface area contributed by atoms with E-state index in [1.807, 2.05) is 32.0 Å². The molecule has 0 atom stereocenters. The number of aryl methyl sites for hydroxylation is 2. The van der Waals surface area contributed by atoms with Gasteiger partial charge in [-0.15, -0.1) is 0 Å². The number of ether oxygens (including phenoxy) is 2. The molecule has 1 aromatic carbocycles. The number of hydrogen-bond acceptors (Lipinski definition) is 5. The zero-order valence-electron chi connectivity index (χ0n) is 13.8. The highest BCUT2D eigenvalue weighted by Crippen LogP contribution is 2.47. The first-order valence-electron chi connectivity index (χ1n) is 8.28. The van der Waals surface area contributed by atoms with Crippen LogP contribution in [-0.4, -0.2) is 16.9 Å². The van der Waals surface area contributed by atoms with Crippen molar-refractivity contribution in [1.82, 2.24) is 5.16 Å². The Bertz CT molecular complexity index is 771. The number of nitrogens with one attached hydrogen (secondary N) is 1. The van der Waals surface area contributed by atoms with Gasteiger partial charge in [-0.3, -0.25) is 4.79 Å². The molecule has 2 aromatic rings. The Morgan fingerprint density at radius 3 is 2.67 bits per heavy atom. The number of carbonyl (C=O) groups excluding carboxylic acids is 1. The van der Waals surface area contributed by atoms with Crippen LogP contribution < -0.4 is 14.8 Å². The van der Waals surface area contributed by atoms with Crippen LogP contribution in [-0.2, 0) is 11.2 Å². The van der Waals surface area contributed by atoms with Crippen molar-refractivity contribution in [2.75, 3.05) is 5.32 Å². The minimum absolute atomic E-state index is 0.112. The van der Waals surface area contributed by atoms with Crippen LogP contribution in [0.4, 0.5) is 5.69 Å². The predicted octanol–water partition coefficient (Wildman–Crippen LogP) is 3.51. The summed E-state index contributed by atoms with van der Waals surface area (Å²) in [7, 11) is 0. The smallest absolute Gasteiger partial charge is 0.251 e. The molecule has 1 saturated carbocycles. The highest BCUT2D eigenvalue weighted by molar-refractivity contribution is 5.92. The molecule has 2 aliphatic rings. The lowest BCUT2D eigenvalue weighted by Crippen LogP contribution is -2.34. The number of aromatic nitrogens is 1. The lowest BCUT2D eigenvalue weighted by Gasteiger charge is -2.21. The zero-order chi connectivity index (χ0) is 16.7. The first-order valence-corrected chi connectivity index (χ1v) is 8.28. The van der Waals surface area contributed by atoms with E-state index in [1.54, 1.807) is 0 Å². The summed E-state index contributed by atoms with van der Waals surface area (Å²) in [4.78, 5) is 12.3. The normalized spacial score (nSPS) is 17.4. The van der Waals surface area contributed by atoms with Crippen LogP contribution in [0.2, 0.25) is 0 Å². The molecule has 4 rings (SSSR count). The standard InChI is InChI=1S/C18H20N2O4/c1-11-14(12(2)24-20-11)10-17(21)19-13-5-6-15-16(9-13)23-18(22-15)7-3-4-8-18/h5-6,9H,3-4,7-8,10H2,1-2H3,(H,19,21). The summed E-state index contributed by atoms with van der Waals surface area (Å²) in [5.74, 6) is 1.53. The summed E-state index contributed by atoms with van der Waals surface area (Å²) in [6.45, 7) is 3.64. The fraction of sp³-hybridized carbons (Fsp3) is 0.444. The van der Waals surface area contributed by atoms with Gasteiger partial charge in [-0.1, -0.05) is 5.16 Å². The highest BCUT2D eigenvalue weighted by Gasteiger charge is 2.44. The lowest BCUT2D eigenvalue weighted by atomic mass is 10.1. The Balaban J connectivity index is 1.46. The van der Waals surface area contributed by atoms with Gasteiger partial charge >= 0.3 is 0 Å². The number of nitrogens with zero attached hydrogens (tertiary/aromatic N) is 1. The second-order valence-electron chi connectivity index (χ2n) is 6.51. The molecule has 24 heavy (non-hydrogen) atoms. The van der Waals surface area contributed by atoms with Gasteiger partial charge in [0.2, 0.25) is 5.91 Å². The van der Waals surface area contributed by atoms with Crippen molar-refractivity contribution in [2.45, 2.75) is 51.7 Å². The van der Waals surface area contributed by atoms with E-state index < -0.39 is 5.79 Å². The number of fused-ring (bicyclic) bond motifs is 1.